The first-order chi connectivity index (χ1) is 8.63. The van der Waals surface area contributed by atoms with Crippen LogP contribution in [0.5, 0.6) is 0 Å². The van der Waals surface area contributed by atoms with Crippen molar-refractivity contribution in [2.75, 3.05) is 6.54 Å². The second-order valence-electron chi connectivity index (χ2n) is 3.51. The molecular formula is C13H11NO2S2. The second kappa shape index (κ2) is 5.36. The Morgan fingerprint density at radius 3 is 2.56 bits per heavy atom. The molecule has 0 saturated carbocycles. The Kier molecular flexibility index (Phi) is 3.82. The smallest absolute Gasteiger partial charge is 0.206 e. The van der Waals surface area contributed by atoms with E-state index in [0.717, 1.165) is 10.4 Å². The molecule has 2 aromatic rings. The van der Waals surface area contributed by atoms with Crippen LogP contribution in [0.1, 0.15) is 0 Å². The molecule has 0 bridgehead atoms. The van der Waals surface area contributed by atoms with Gasteiger partial charge in [-0.25, -0.2) is 8.42 Å². The third-order valence-corrected chi connectivity index (χ3v) is 5.30. The Morgan fingerprint density at radius 1 is 1.17 bits per heavy atom. The van der Waals surface area contributed by atoms with Gasteiger partial charge in [0, 0.05) is 4.88 Å². The van der Waals surface area contributed by atoms with E-state index < -0.39 is 10.0 Å². The minimum atomic E-state index is -3.48. The predicted octanol–water partition coefficient (Wildman–Crippen LogP) is 2.33. The molecule has 1 N–H and O–H groups in total. The Morgan fingerprint density at radius 2 is 1.89 bits per heavy atom. The van der Waals surface area contributed by atoms with E-state index in [1.165, 1.54) is 11.3 Å². The quantitative estimate of drug-likeness (QED) is 0.872. The van der Waals surface area contributed by atoms with Crippen molar-refractivity contribution in [2.45, 2.75) is 4.21 Å². The maximum Gasteiger partial charge on any atom is 0.250 e. The molecule has 92 valence electrons. The minimum absolute atomic E-state index is 0.000896. The molecule has 2 rings (SSSR count). The summed E-state index contributed by atoms with van der Waals surface area (Å²) in [5.74, 6) is 2.25. The van der Waals surface area contributed by atoms with E-state index in [1.54, 1.807) is 12.1 Å². The first-order valence-corrected chi connectivity index (χ1v) is 7.52. The monoisotopic (exact) mass is 277 g/mol. The largest absolute Gasteiger partial charge is 0.250 e. The summed E-state index contributed by atoms with van der Waals surface area (Å²) < 4.78 is 26.3. The Hall–Kier alpha value is -1.61. The van der Waals surface area contributed by atoms with Crippen molar-refractivity contribution >= 4 is 21.4 Å². The summed E-state index contributed by atoms with van der Waals surface area (Å²) in [6, 6.07) is 13.0. The number of rotatable bonds is 4. The van der Waals surface area contributed by atoms with Crippen LogP contribution in [0, 0.1) is 12.3 Å². The number of nitrogens with one attached hydrogen (secondary N) is 1. The molecular weight excluding hydrogens is 266 g/mol. The van der Waals surface area contributed by atoms with Gasteiger partial charge in [-0.05, 0) is 17.7 Å². The van der Waals surface area contributed by atoms with Crippen molar-refractivity contribution in [3.63, 3.8) is 0 Å². The zero-order chi connectivity index (χ0) is 13.0. The lowest BCUT2D eigenvalue weighted by Crippen LogP contribution is -2.22. The van der Waals surface area contributed by atoms with E-state index in [2.05, 4.69) is 10.6 Å². The molecule has 0 aliphatic heterocycles. The summed E-state index contributed by atoms with van der Waals surface area (Å²) in [5.41, 5.74) is 1.00. The highest BCUT2D eigenvalue weighted by atomic mass is 32.2. The van der Waals surface area contributed by atoms with Gasteiger partial charge in [0.1, 0.15) is 4.21 Å². The summed E-state index contributed by atoms with van der Waals surface area (Å²) in [4.78, 5) is 0.914. The number of thiophene rings is 1. The van der Waals surface area contributed by atoms with E-state index in [4.69, 9.17) is 6.42 Å². The van der Waals surface area contributed by atoms with Crippen LogP contribution in [0.3, 0.4) is 0 Å². The maximum absolute atomic E-state index is 11.8. The van der Waals surface area contributed by atoms with Gasteiger partial charge in [-0.15, -0.1) is 17.8 Å². The van der Waals surface area contributed by atoms with Gasteiger partial charge < -0.3 is 0 Å². The van der Waals surface area contributed by atoms with Crippen LogP contribution in [-0.2, 0) is 10.0 Å². The number of hydrogen-bond donors (Lipinski definition) is 1. The fourth-order valence-corrected chi connectivity index (χ4v) is 3.72. The lowest BCUT2D eigenvalue weighted by Gasteiger charge is -1.99. The Balaban J connectivity index is 2.29. The molecule has 1 aromatic carbocycles. The van der Waals surface area contributed by atoms with Gasteiger partial charge in [-0.1, -0.05) is 36.3 Å². The average molecular weight is 277 g/mol. The van der Waals surface area contributed by atoms with Crippen LogP contribution < -0.4 is 4.72 Å². The molecule has 3 nitrogen and oxygen atoms in total. The van der Waals surface area contributed by atoms with Gasteiger partial charge in [0.25, 0.3) is 10.0 Å². The van der Waals surface area contributed by atoms with Gasteiger partial charge >= 0.3 is 0 Å². The molecule has 0 amide bonds. The number of sulfonamides is 1. The van der Waals surface area contributed by atoms with Crippen molar-refractivity contribution in [1.29, 1.82) is 0 Å². The zero-order valence-corrected chi connectivity index (χ0v) is 11.1. The molecule has 1 heterocycles. The van der Waals surface area contributed by atoms with E-state index in [0.29, 0.717) is 0 Å². The average Bonchev–Trinajstić information content (AvgIpc) is 2.88. The van der Waals surface area contributed by atoms with E-state index in [1.807, 2.05) is 30.3 Å². The van der Waals surface area contributed by atoms with Crippen LogP contribution in [0.25, 0.3) is 10.4 Å². The van der Waals surface area contributed by atoms with Crippen molar-refractivity contribution in [3.05, 3.63) is 42.5 Å². The Labute approximate surface area is 111 Å². The number of benzene rings is 1. The van der Waals surface area contributed by atoms with E-state index >= 15 is 0 Å². The minimum Gasteiger partial charge on any atom is -0.206 e. The topological polar surface area (TPSA) is 46.2 Å². The standard InChI is InChI=1S/C13H11NO2S2/c1-2-10-14-18(15,16)13-9-8-12(17-13)11-6-4-3-5-7-11/h1,3-9,14H,10H2. The van der Waals surface area contributed by atoms with Gasteiger partial charge in [-0.2, -0.15) is 4.72 Å². The highest BCUT2D eigenvalue weighted by molar-refractivity contribution is 7.91. The summed E-state index contributed by atoms with van der Waals surface area (Å²) in [7, 11) is -3.48. The van der Waals surface area contributed by atoms with Crippen LogP contribution in [0.15, 0.2) is 46.7 Å². The highest BCUT2D eigenvalue weighted by Crippen LogP contribution is 2.30. The zero-order valence-electron chi connectivity index (χ0n) is 9.46. The van der Waals surface area contributed by atoms with Crippen molar-refractivity contribution in [3.8, 4) is 22.8 Å². The molecule has 0 aliphatic rings. The van der Waals surface area contributed by atoms with Crippen molar-refractivity contribution in [1.82, 2.24) is 4.72 Å². The molecule has 0 unspecified atom stereocenters. The van der Waals surface area contributed by atoms with Crippen molar-refractivity contribution in [2.24, 2.45) is 0 Å². The molecule has 0 spiro atoms. The first-order valence-electron chi connectivity index (χ1n) is 5.22. The van der Waals surface area contributed by atoms with E-state index in [9.17, 15) is 8.42 Å². The lowest BCUT2D eigenvalue weighted by molar-refractivity contribution is 0.588. The van der Waals surface area contributed by atoms with Gasteiger partial charge in [0.05, 0.1) is 6.54 Å². The second-order valence-corrected chi connectivity index (χ2v) is 6.59. The molecule has 0 saturated heterocycles. The number of hydrogen-bond acceptors (Lipinski definition) is 3. The van der Waals surface area contributed by atoms with Gasteiger partial charge in [0.2, 0.25) is 0 Å². The van der Waals surface area contributed by atoms with Gasteiger partial charge in [-0.3, -0.25) is 0 Å². The third-order valence-electron chi connectivity index (χ3n) is 2.27. The molecule has 5 heteroatoms. The summed E-state index contributed by atoms with van der Waals surface area (Å²) in [6.07, 6.45) is 5.04. The molecule has 1 aromatic heterocycles. The lowest BCUT2D eigenvalue weighted by atomic mass is 10.2. The fraction of sp³-hybridized carbons (Fsp3) is 0.0769. The molecule has 0 atom stereocenters. The van der Waals surface area contributed by atoms with Crippen LogP contribution in [-0.4, -0.2) is 15.0 Å². The SMILES string of the molecule is C#CCNS(=O)(=O)c1ccc(-c2ccccc2)s1. The molecule has 0 fully saturated rings. The predicted molar refractivity (Wildman–Crippen MR) is 73.8 cm³/mol. The Bertz CT molecular complexity index is 667. The molecule has 18 heavy (non-hydrogen) atoms. The van der Waals surface area contributed by atoms with Crippen molar-refractivity contribution < 1.29 is 8.42 Å². The first kappa shape index (κ1) is 12.8. The summed E-state index contributed by atoms with van der Waals surface area (Å²) >= 11 is 1.22. The molecule has 0 radical (unpaired) electrons. The van der Waals surface area contributed by atoms with E-state index in [-0.39, 0.29) is 10.8 Å². The van der Waals surface area contributed by atoms with Crippen LogP contribution in [0.4, 0.5) is 0 Å². The summed E-state index contributed by atoms with van der Waals surface area (Å²) in [5, 5.41) is 0. The fourth-order valence-electron chi connectivity index (χ4n) is 1.43. The third kappa shape index (κ3) is 2.79. The maximum atomic E-state index is 11.8. The van der Waals surface area contributed by atoms with Crippen LogP contribution in [0.2, 0.25) is 0 Å². The molecule has 0 aliphatic carbocycles. The van der Waals surface area contributed by atoms with Crippen LogP contribution >= 0.6 is 11.3 Å². The number of terminal acetylenes is 1. The van der Waals surface area contributed by atoms with Gasteiger partial charge in [0.15, 0.2) is 0 Å². The summed E-state index contributed by atoms with van der Waals surface area (Å²) in [6.45, 7) is 0.000896. The normalized spacial score (nSPS) is 11.1. The highest BCUT2D eigenvalue weighted by Gasteiger charge is 2.16.